The summed E-state index contributed by atoms with van der Waals surface area (Å²) in [5.41, 5.74) is 0.956. The lowest BCUT2D eigenvalue weighted by Gasteiger charge is -2.38. The normalized spacial score (nSPS) is 22.6. The first kappa shape index (κ1) is 21.8. The lowest BCUT2D eigenvalue weighted by atomic mass is 10.1. The van der Waals surface area contributed by atoms with E-state index in [0.29, 0.717) is 18.8 Å². The molecule has 1 fully saturated rings. The standard InChI is InChI=1S/C20H32FN3O2S/c1-6-22-19(23-11-12-27(25)20(3,4)5)24-13-15(2)26-18(14-24)16-7-9-17(21)10-8-16/h7-10,15,18H,6,11-14H2,1-5H3,(H,22,23). The smallest absolute Gasteiger partial charge is 0.194 e. The summed E-state index contributed by atoms with van der Waals surface area (Å²) >= 11 is 0. The molecule has 0 aliphatic carbocycles. The van der Waals surface area contributed by atoms with Crippen molar-refractivity contribution in [1.29, 1.82) is 0 Å². The molecule has 0 radical (unpaired) electrons. The monoisotopic (exact) mass is 397 g/mol. The summed E-state index contributed by atoms with van der Waals surface area (Å²) in [7, 11) is -0.922. The second-order valence-electron chi connectivity index (χ2n) is 7.79. The van der Waals surface area contributed by atoms with Gasteiger partial charge in [0.25, 0.3) is 0 Å². The van der Waals surface area contributed by atoms with E-state index in [4.69, 9.17) is 9.73 Å². The Morgan fingerprint density at radius 2 is 2.00 bits per heavy atom. The van der Waals surface area contributed by atoms with Crippen LogP contribution in [-0.4, -0.2) is 57.9 Å². The van der Waals surface area contributed by atoms with Crippen molar-refractivity contribution in [2.75, 3.05) is 31.9 Å². The number of hydrogen-bond donors (Lipinski definition) is 1. The number of halogens is 1. The topological polar surface area (TPSA) is 53.9 Å². The van der Waals surface area contributed by atoms with E-state index in [1.54, 1.807) is 12.1 Å². The van der Waals surface area contributed by atoms with E-state index < -0.39 is 10.8 Å². The predicted molar refractivity (Wildman–Crippen MR) is 110 cm³/mol. The average molecular weight is 398 g/mol. The van der Waals surface area contributed by atoms with E-state index >= 15 is 0 Å². The molecule has 2 rings (SSSR count). The van der Waals surface area contributed by atoms with Crippen molar-refractivity contribution < 1.29 is 13.3 Å². The summed E-state index contributed by atoms with van der Waals surface area (Å²) in [5.74, 6) is 1.10. The molecule has 5 nitrogen and oxygen atoms in total. The van der Waals surface area contributed by atoms with Crippen molar-refractivity contribution in [3.8, 4) is 0 Å². The van der Waals surface area contributed by atoms with Crippen molar-refractivity contribution in [1.82, 2.24) is 10.2 Å². The number of ether oxygens (including phenoxy) is 1. The van der Waals surface area contributed by atoms with Gasteiger partial charge in [-0.3, -0.25) is 9.20 Å². The summed E-state index contributed by atoms with van der Waals surface area (Å²) in [6.07, 6.45) is -0.108. The van der Waals surface area contributed by atoms with Crippen LogP contribution in [0.15, 0.2) is 29.3 Å². The summed E-state index contributed by atoms with van der Waals surface area (Å²) in [6.45, 7) is 12.6. The van der Waals surface area contributed by atoms with Crippen LogP contribution >= 0.6 is 0 Å². The van der Waals surface area contributed by atoms with Gasteiger partial charge in [0, 0.05) is 34.4 Å². The van der Waals surface area contributed by atoms with Gasteiger partial charge in [-0.15, -0.1) is 0 Å². The molecule has 1 saturated heterocycles. The summed E-state index contributed by atoms with van der Waals surface area (Å²) in [5, 5.41) is 3.33. The van der Waals surface area contributed by atoms with Crippen LogP contribution in [-0.2, 0) is 15.5 Å². The summed E-state index contributed by atoms with van der Waals surface area (Å²) < 4.78 is 31.3. The maximum Gasteiger partial charge on any atom is 0.194 e. The molecule has 27 heavy (non-hydrogen) atoms. The highest BCUT2D eigenvalue weighted by atomic mass is 32.2. The molecule has 0 saturated carbocycles. The Kier molecular flexibility index (Phi) is 7.79. The Labute approximate surface area is 164 Å². The third kappa shape index (κ3) is 6.57. The molecular formula is C20H32FN3O2S. The third-order valence-electron chi connectivity index (χ3n) is 4.36. The van der Waals surface area contributed by atoms with Gasteiger partial charge in [-0.1, -0.05) is 12.1 Å². The van der Waals surface area contributed by atoms with Gasteiger partial charge in [-0.25, -0.2) is 4.39 Å². The first-order chi connectivity index (χ1) is 12.7. The minimum absolute atomic E-state index is 0.0290. The fraction of sp³-hybridized carbons (Fsp3) is 0.650. The number of guanidine groups is 1. The second-order valence-corrected chi connectivity index (χ2v) is 10.1. The number of morpholine rings is 1. The molecule has 0 aromatic heterocycles. The summed E-state index contributed by atoms with van der Waals surface area (Å²) in [6, 6.07) is 6.46. The Hall–Kier alpha value is -1.47. The van der Waals surface area contributed by atoms with Gasteiger partial charge in [0.1, 0.15) is 11.9 Å². The lowest BCUT2D eigenvalue weighted by Crippen LogP contribution is -2.50. The van der Waals surface area contributed by atoms with Crippen molar-refractivity contribution in [3.63, 3.8) is 0 Å². The zero-order chi connectivity index (χ0) is 20.0. The third-order valence-corrected chi connectivity index (χ3v) is 6.28. The zero-order valence-corrected chi connectivity index (χ0v) is 17.8. The number of benzene rings is 1. The van der Waals surface area contributed by atoms with Crippen LogP contribution in [0.25, 0.3) is 0 Å². The van der Waals surface area contributed by atoms with Gasteiger partial charge in [-0.2, -0.15) is 0 Å². The van der Waals surface area contributed by atoms with Gasteiger partial charge in [0.15, 0.2) is 5.96 Å². The molecule has 7 heteroatoms. The molecule has 152 valence electrons. The SMILES string of the molecule is CCNC(=NCCS(=O)C(C)(C)C)N1CC(C)OC(c2ccc(F)cc2)C1. The highest BCUT2D eigenvalue weighted by molar-refractivity contribution is 7.86. The minimum Gasteiger partial charge on any atom is -0.367 e. The van der Waals surface area contributed by atoms with E-state index in [1.165, 1.54) is 12.1 Å². The van der Waals surface area contributed by atoms with Gasteiger partial charge >= 0.3 is 0 Å². The molecule has 0 spiro atoms. The molecule has 1 heterocycles. The molecule has 1 aromatic rings. The molecule has 3 atom stereocenters. The van der Waals surface area contributed by atoms with Crippen molar-refractivity contribution in [3.05, 3.63) is 35.6 Å². The second kappa shape index (κ2) is 9.64. The molecule has 1 aliphatic rings. The minimum atomic E-state index is -0.922. The van der Waals surface area contributed by atoms with Crippen LogP contribution in [0.2, 0.25) is 0 Å². The van der Waals surface area contributed by atoms with E-state index in [-0.39, 0.29) is 22.8 Å². The lowest BCUT2D eigenvalue weighted by molar-refractivity contribution is -0.0605. The van der Waals surface area contributed by atoms with Gasteiger partial charge in [0.05, 0.1) is 19.2 Å². The summed E-state index contributed by atoms with van der Waals surface area (Å²) in [4.78, 5) is 6.86. The molecule has 0 bridgehead atoms. The van der Waals surface area contributed by atoms with Gasteiger partial charge < -0.3 is 15.0 Å². The van der Waals surface area contributed by atoms with Crippen LogP contribution in [0.5, 0.6) is 0 Å². The van der Waals surface area contributed by atoms with E-state index in [2.05, 4.69) is 10.2 Å². The largest absolute Gasteiger partial charge is 0.367 e. The first-order valence-electron chi connectivity index (χ1n) is 9.53. The maximum atomic E-state index is 13.2. The zero-order valence-electron chi connectivity index (χ0n) is 17.0. The molecular weight excluding hydrogens is 365 g/mol. The van der Waals surface area contributed by atoms with Gasteiger partial charge in [-0.05, 0) is 52.3 Å². The van der Waals surface area contributed by atoms with Crippen molar-refractivity contribution >= 4 is 16.8 Å². The molecule has 0 amide bonds. The van der Waals surface area contributed by atoms with Crippen LogP contribution < -0.4 is 5.32 Å². The van der Waals surface area contributed by atoms with E-state index in [1.807, 2.05) is 34.6 Å². The number of rotatable bonds is 5. The van der Waals surface area contributed by atoms with Gasteiger partial charge in [0.2, 0.25) is 0 Å². The number of aliphatic imine (C=N–C) groups is 1. The van der Waals surface area contributed by atoms with Crippen LogP contribution in [0.3, 0.4) is 0 Å². The average Bonchev–Trinajstić information content (AvgIpc) is 2.60. The van der Waals surface area contributed by atoms with E-state index in [0.717, 1.165) is 24.6 Å². The Balaban J connectivity index is 2.09. The molecule has 1 aromatic carbocycles. The highest BCUT2D eigenvalue weighted by Gasteiger charge is 2.28. The van der Waals surface area contributed by atoms with Crippen molar-refractivity contribution in [2.45, 2.75) is 51.6 Å². The fourth-order valence-electron chi connectivity index (χ4n) is 2.95. The number of nitrogens with one attached hydrogen (secondary N) is 1. The Bertz CT molecular complexity index is 658. The van der Waals surface area contributed by atoms with Crippen LogP contribution in [0.1, 0.15) is 46.3 Å². The Morgan fingerprint density at radius 1 is 1.33 bits per heavy atom. The van der Waals surface area contributed by atoms with Crippen LogP contribution in [0, 0.1) is 5.82 Å². The first-order valence-corrected chi connectivity index (χ1v) is 10.8. The maximum absolute atomic E-state index is 13.2. The number of hydrogen-bond acceptors (Lipinski definition) is 3. The fourth-order valence-corrected chi connectivity index (χ4v) is 3.82. The predicted octanol–water partition coefficient (Wildman–Crippen LogP) is 3.10. The Morgan fingerprint density at radius 3 is 2.59 bits per heavy atom. The number of nitrogens with zero attached hydrogens (tertiary/aromatic N) is 2. The quantitative estimate of drug-likeness (QED) is 0.613. The highest BCUT2D eigenvalue weighted by Crippen LogP contribution is 2.25. The molecule has 3 unspecified atom stereocenters. The van der Waals surface area contributed by atoms with Crippen LogP contribution in [0.4, 0.5) is 4.39 Å². The van der Waals surface area contributed by atoms with Crippen molar-refractivity contribution in [2.24, 2.45) is 4.99 Å². The molecule has 1 N–H and O–H groups in total. The van der Waals surface area contributed by atoms with E-state index in [9.17, 15) is 8.60 Å². The molecule has 1 aliphatic heterocycles.